The Morgan fingerprint density at radius 3 is 2.72 bits per heavy atom. The minimum atomic E-state index is -0.0975. The van der Waals surface area contributed by atoms with Gasteiger partial charge in [0.1, 0.15) is 11.5 Å². The van der Waals surface area contributed by atoms with Gasteiger partial charge in [-0.15, -0.1) is 0 Å². The van der Waals surface area contributed by atoms with Crippen LogP contribution in [0.3, 0.4) is 0 Å². The van der Waals surface area contributed by atoms with Gasteiger partial charge in [-0.2, -0.15) is 0 Å². The zero-order valence-corrected chi connectivity index (χ0v) is 10.2. The quantitative estimate of drug-likeness (QED) is 0.248. The third kappa shape index (κ3) is 3.82. The van der Waals surface area contributed by atoms with Crippen LogP contribution >= 0.6 is 0 Å². The highest BCUT2D eigenvalue weighted by molar-refractivity contribution is 5.94. The molecule has 8 nitrogen and oxygen atoms in total. The number of anilines is 1. The number of methoxy groups -OCH3 is 1. The summed E-state index contributed by atoms with van der Waals surface area (Å²) in [5.41, 5.74) is 5.67. The topological polar surface area (TPSA) is 117 Å². The highest BCUT2D eigenvalue weighted by Gasteiger charge is 2.09. The highest BCUT2D eigenvalue weighted by atomic mass is 16.5. The molecule has 8 heteroatoms. The van der Waals surface area contributed by atoms with Gasteiger partial charge in [-0.25, -0.2) is 9.97 Å². The lowest BCUT2D eigenvalue weighted by Gasteiger charge is -2.21. The van der Waals surface area contributed by atoms with Crippen molar-refractivity contribution in [3.63, 3.8) is 0 Å². The van der Waals surface area contributed by atoms with Crippen molar-refractivity contribution in [2.24, 2.45) is 10.9 Å². The fourth-order valence-corrected chi connectivity index (χ4v) is 1.33. The van der Waals surface area contributed by atoms with Crippen LogP contribution in [-0.2, 0) is 4.74 Å². The standard InChI is InChI=1S/C10H17N5O3/c1-18-5-3-15(2-4-16)9-7-12-8(6-13-9)10(11)14-17/h6-7,16-17H,2-5H2,1H3,(H2,11,14). The number of hydrogen-bond donors (Lipinski definition) is 3. The third-order valence-electron chi connectivity index (χ3n) is 2.27. The number of ether oxygens (including phenoxy) is 1. The Kier molecular flexibility index (Phi) is 5.81. The molecule has 0 aliphatic rings. The number of aliphatic hydroxyl groups excluding tert-OH is 1. The summed E-state index contributed by atoms with van der Waals surface area (Å²) < 4.78 is 4.98. The smallest absolute Gasteiger partial charge is 0.190 e. The minimum Gasteiger partial charge on any atom is -0.409 e. The largest absolute Gasteiger partial charge is 0.409 e. The molecule has 0 aromatic carbocycles. The second kappa shape index (κ2) is 7.41. The van der Waals surface area contributed by atoms with E-state index in [-0.39, 0.29) is 18.1 Å². The van der Waals surface area contributed by atoms with Crippen LogP contribution in [0.4, 0.5) is 5.82 Å². The van der Waals surface area contributed by atoms with Crippen LogP contribution < -0.4 is 10.6 Å². The first-order valence-electron chi connectivity index (χ1n) is 5.37. The van der Waals surface area contributed by atoms with Crippen LogP contribution in [0.2, 0.25) is 0 Å². The van der Waals surface area contributed by atoms with Crippen molar-refractivity contribution in [1.82, 2.24) is 9.97 Å². The number of oxime groups is 1. The maximum atomic E-state index is 8.98. The van der Waals surface area contributed by atoms with Crippen molar-refractivity contribution in [3.8, 4) is 0 Å². The molecule has 0 bridgehead atoms. The van der Waals surface area contributed by atoms with Crippen molar-refractivity contribution < 1.29 is 15.1 Å². The molecule has 1 aromatic heterocycles. The zero-order valence-electron chi connectivity index (χ0n) is 10.2. The number of nitrogens with two attached hydrogens (primary N) is 1. The van der Waals surface area contributed by atoms with Crippen LogP contribution in [0.5, 0.6) is 0 Å². The van der Waals surface area contributed by atoms with E-state index in [0.717, 1.165) is 0 Å². The zero-order chi connectivity index (χ0) is 13.4. The number of aliphatic hydroxyl groups is 1. The molecular formula is C10H17N5O3. The molecule has 4 N–H and O–H groups in total. The van der Waals surface area contributed by atoms with Gasteiger partial charge in [0.05, 0.1) is 25.6 Å². The molecule has 0 atom stereocenters. The second-order valence-electron chi connectivity index (χ2n) is 3.45. The number of aromatic nitrogens is 2. The van der Waals surface area contributed by atoms with Crippen molar-refractivity contribution >= 4 is 11.7 Å². The van der Waals surface area contributed by atoms with Gasteiger partial charge in [0.2, 0.25) is 0 Å². The predicted octanol–water partition coefficient (Wildman–Crippen LogP) is -0.984. The van der Waals surface area contributed by atoms with Crippen molar-refractivity contribution in [3.05, 3.63) is 18.1 Å². The molecule has 0 spiro atoms. The lowest BCUT2D eigenvalue weighted by atomic mass is 10.4. The van der Waals surface area contributed by atoms with Gasteiger partial charge in [-0.05, 0) is 0 Å². The van der Waals surface area contributed by atoms with Gasteiger partial charge in [-0.1, -0.05) is 5.16 Å². The molecule has 1 heterocycles. The highest BCUT2D eigenvalue weighted by Crippen LogP contribution is 2.08. The monoisotopic (exact) mass is 255 g/mol. The van der Waals surface area contributed by atoms with Crippen LogP contribution in [0.1, 0.15) is 5.69 Å². The Labute approximate surface area is 105 Å². The van der Waals surface area contributed by atoms with Gasteiger partial charge in [0.25, 0.3) is 0 Å². The second-order valence-corrected chi connectivity index (χ2v) is 3.45. The van der Waals surface area contributed by atoms with E-state index in [9.17, 15) is 0 Å². The maximum Gasteiger partial charge on any atom is 0.190 e. The molecule has 0 aliphatic heterocycles. The van der Waals surface area contributed by atoms with Crippen LogP contribution in [0.15, 0.2) is 17.5 Å². The van der Waals surface area contributed by atoms with Gasteiger partial charge >= 0.3 is 0 Å². The Balaban J connectivity index is 2.79. The van der Waals surface area contributed by atoms with Crippen molar-refractivity contribution in [1.29, 1.82) is 0 Å². The maximum absolute atomic E-state index is 8.98. The summed E-state index contributed by atoms with van der Waals surface area (Å²) in [6.07, 6.45) is 2.90. The van der Waals surface area contributed by atoms with E-state index in [1.165, 1.54) is 12.4 Å². The van der Waals surface area contributed by atoms with E-state index in [1.54, 1.807) is 7.11 Å². The molecule has 0 fully saturated rings. The lowest BCUT2D eigenvalue weighted by Crippen LogP contribution is -2.31. The molecule has 0 saturated carbocycles. The van der Waals surface area contributed by atoms with E-state index in [0.29, 0.717) is 25.5 Å². The molecule has 0 amide bonds. The fourth-order valence-electron chi connectivity index (χ4n) is 1.33. The van der Waals surface area contributed by atoms with Gasteiger partial charge in [0, 0.05) is 20.2 Å². The molecule has 0 saturated heterocycles. The summed E-state index contributed by atoms with van der Waals surface area (Å²) >= 11 is 0. The summed E-state index contributed by atoms with van der Waals surface area (Å²) in [4.78, 5) is 9.99. The lowest BCUT2D eigenvalue weighted by molar-refractivity contribution is 0.202. The van der Waals surface area contributed by atoms with E-state index in [2.05, 4.69) is 15.1 Å². The average Bonchev–Trinajstić information content (AvgIpc) is 2.43. The Morgan fingerprint density at radius 2 is 2.22 bits per heavy atom. The van der Waals surface area contributed by atoms with Crippen LogP contribution in [0.25, 0.3) is 0 Å². The first-order valence-corrected chi connectivity index (χ1v) is 5.37. The summed E-state index contributed by atoms with van der Waals surface area (Å²) in [6.45, 7) is 1.55. The number of rotatable bonds is 7. The van der Waals surface area contributed by atoms with Crippen molar-refractivity contribution in [2.75, 3.05) is 38.3 Å². The van der Waals surface area contributed by atoms with Gasteiger partial charge in [0.15, 0.2) is 5.84 Å². The SMILES string of the molecule is COCCN(CCO)c1cnc(C(N)=NO)cn1. The van der Waals surface area contributed by atoms with Gasteiger partial charge in [-0.3, -0.25) is 0 Å². The Morgan fingerprint density at radius 1 is 1.44 bits per heavy atom. The Bertz CT molecular complexity index is 382. The van der Waals surface area contributed by atoms with Crippen LogP contribution in [-0.4, -0.2) is 59.5 Å². The van der Waals surface area contributed by atoms with Crippen LogP contribution in [0, 0.1) is 0 Å². The van der Waals surface area contributed by atoms with Crippen molar-refractivity contribution in [2.45, 2.75) is 0 Å². The van der Waals surface area contributed by atoms with E-state index < -0.39 is 0 Å². The Hall–Kier alpha value is -1.93. The van der Waals surface area contributed by atoms with E-state index >= 15 is 0 Å². The molecule has 0 aliphatic carbocycles. The minimum absolute atomic E-state index is 0.00732. The molecule has 100 valence electrons. The normalized spacial score (nSPS) is 11.6. The molecule has 1 rings (SSSR count). The number of hydrogen-bond acceptors (Lipinski definition) is 7. The average molecular weight is 255 g/mol. The summed E-state index contributed by atoms with van der Waals surface area (Å²) in [7, 11) is 1.60. The molecule has 18 heavy (non-hydrogen) atoms. The number of nitrogens with zero attached hydrogens (tertiary/aromatic N) is 4. The fraction of sp³-hybridized carbons (Fsp3) is 0.500. The molecule has 0 radical (unpaired) electrons. The summed E-state index contributed by atoms with van der Waals surface area (Å²) in [5.74, 6) is 0.496. The van der Waals surface area contributed by atoms with E-state index in [1.807, 2.05) is 4.90 Å². The summed E-state index contributed by atoms with van der Waals surface area (Å²) in [5, 5.41) is 20.3. The summed E-state index contributed by atoms with van der Waals surface area (Å²) in [6, 6.07) is 0. The third-order valence-corrected chi connectivity index (χ3v) is 2.27. The molecular weight excluding hydrogens is 238 g/mol. The molecule has 0 unspecified atom stereocenters. The first kappa shape index (κ1) is 14.1. The van der Waals surface area contributed by atoms with E-state index in [4.69, 9.17) is 20.8 Å². The van der Waals surface area contributed by atoms with Gasteiger partial charge < -0.3 is 25.7 Å². The first-order chi connectivity index (χ1) is 8.72. The predicted molar refractivity (Wildman–Crippen MR) is 65.7 cm³/mol. The molecule has 1 aromatic rings. The number of amidine groups is 1.